The Kier molecular flexibility index (Phi) is 5.25. The van der Waals surface area contributed by atoms with Crippen LogP contribution in [0.3, 0.4) is 0 Å². The largest absolute Gasteiger partial charge is 0.384 e. The van der Waals surface area contributed by atoms with E-state index in [0.717, 1.165) is 13.0 Å². The maximum atomic E-state index is 5.57. The highest BCUT2D eigenvalue weighted by atomic mass is 32.1. The van der Waals surface area contributed by atoms with Crippen LogP contribution in [0.1, 0.15) is 29.8 Å². The van der Waals surface area contributed by atoms with Crippen LogP contribution < -0.4 is 11.3 Å². The van der Waals surface area contributed by atoms with E-state index in [-0.39, 0.29) is 6.04 Å². The molecule has 2 unspecified atom stereocenters. The quantitative estimate of drug-likeness (QED) is 0.580. The van der Waals surface area contributed by atoms with Crippen molar-refractivity contribution >= 4 is 11.3 Å². The number of hydrogen-bond acceptors (Lipinski definition) is 4. The molecule has 0 bridgehead atoms. The molecule has 0 saturated carbocycles. The van der Waals surface area contributed by atoms with Gasteiger partial charge >= 0.3 is 0 Å². The number of hydrazine groups is 1. The fourth-order valence-corrected chi connectivity index (χ4v) is 2.46. The zero-order valence-corrected chi connectivity index (χ0v) is 10.4. The third-order valence-electron chi connectivity index (χ3n) is 2.44. The molecule has 1 aromatic rings. The molecule has 4 heteroatoms. The molecule has 3 N–H and O–H groups in total. The number of rotatable bonds is 6. The molecule has 3 nitrogen and oxygen atoms in total. The van der Waals surface area contributed by atoms with Crippen LogP contribution in [-0.4, -0.2) is 13.7 Å². The second-order valence-corrected chi connectivity index (χ2v) is 5.12. The minimum absolute atomic E-state index is 0.236. The van der Waals surface area contributed by atoms with Gasteiger partial charge in [0.25, 0.3) is 0 Å². The van der Waals surface area contributed by atoms with Crippen LogP contribution in [0.4, 0.5) is 0 Å². The van der Waals surface area contributed by atoms with Crippen LogP contribution in [-0.2, 0) is 4.74 Å². The summed E-state index contributed by atoms with van der Waals surface area (Å²) in [4.78, 5) is 1.32. The third-order valence-corrected chi connectivity index (χ3v) is 3.32. The fraction of sp³-hybridized carbons (Fsp3) is 0.636. The van der Waals surface area contributed by atoms with E-state index >= 15 is 0 Å². The molecule has 86 valence electrons. The van der Waals surface area contributed by atoms with Crippen molar-refractivity contribution in [2.75, 3.05) is 13.7 Å². The van der Waals surface area contributed by atoms with E-state index in [4.69, 9.17) is 10.6 Å². The number of hydrogen-bond donors (Lipinski definition) is 2. The second kappa shape index (κ2) is 6.23. The van der Waals surface area contributed by atoms with E-state index in [1.165, 1.54) is 10.4 Å². The Morgan fingerprint density at radius 2 is 2.33 bits per heavy atom. The first-order valence-corrected chi connectivity index (χ1v) is 6.05. The molecule has 1 rings (SSSR count). The van der Waals surface area contributed by atoms with Crippen molar-refractivity contribution in [1.29, 1.82) is 0 Å². The lowest BCUT2D eigenvalue weighted by atomic mass is 9.98. The highest BCUT2D eigenvalue weighted by molar-refractivity contribution is 7.10. The van der Waals surface area contributed by atoms with Gasteiger partial charge in [0.1, 0.15) is 0 Å². The van der Waals surface area contributed by atoms with Gasteiger partial charge in [-0.25, -0.2) is 0 Å². The molecule has 0 fully saturated rings. The Morgan fingerprint density at radius 1 is 1.60 bits per heavy atom. The molecule has 0 aromatic carbocycles. The molecule has 0 aliphatic carbocycles. The third kappa shape index (κ3) is 3.91. The van der Waals surface area contributed by atoms with Crippen molar-refractivity contribution in [3.8, 4) is 0 Å². The lowest BCUT2D eigenvalue weighted by molar-refractivity contribution is 0.149. The Labute approximate surface area is 95.6 Å². The Morgan fingerprint density at radius 3 is 2.80 bits per heavy atom. The zero-order chi connectivity index (χ0) is 11.3. The summed E-state index contributed by atoms with van der Waals surface area (Å²) in [5.41, 5.74) is 4.15. The number of thiophene rings is 1. The average Bonchev–Trinajstić information content (AvgIpc) is 2.61. The highest BCUT2D eigenvalue weighted by Gasteiger charge is 2.14. The fourth-order valence-electron chi connectivity index (χ4n) is 1.70. The maximum Gasteiger partial charge on any atom is 0.0488 e. The summed E-state index contributed by atoms with van der Waals surface area (Å²) in [5.74, 6) is 6.08. The van der Waals surface area contributed by atoms with Gasteiger partial charge < -0.3 is 4.74 Å². The molecule has 0 aliphatic heterocycles. The Hall–Kier alpha value is -0.420. The van der Waals surface area contributed by atoms with E-state index < -0.39 is 0 Å². The van der Waals surface area contributed by atoms with Gasteiger partial charge in [0.2, 0.25) is 0 Å². The number of nitrogens with two attached hydrogens (primary N) is 1. The molecular weight excluding hydrogens is 208 g/mol. The monoisotopic (exact) mass is 228 g/mol. The molecule has 0 amide bonds. The Bertz CT molecular complexity index is 288. The minimum atomic E-state index is 0.236. The van der Waals surface area contributed by atoms with Crippen LogP contribution >= 0.6 is 11.3 Å². The number of aryl methyl sites for hydroxylation is 1. The summed E-state index contributed by atoms with van der Waals surface area (Å²) >= 11 is 1.76. The molecule has 0 radical (unpaired) electrons. The summed E-state index contributed by atoms with van der Waals surface area (Å²) in [5, 5.41) is 2.17. The number of ether oxygens (including phenoxy) is 1. The van der Waals surface area contributed by atoms with Crippen LogP contribution in [0.15, 0.2) is 11.4 Å². The summed E-state index contributed by atoms with van der Waals surface area (Å²) in [7, 11) is 1.73. The van der Waals surface area contributed by atoms with Gasteiger partial charge in [-0.3, -0.25) is 11.3 Å². The average molecular weight is 228 g/mol. The SMILES string of the molecule is COCC(C)CC(NN)c1csc(C)c1. The van der Waals surface area contributed by atoms with Gasteiger partial charge in [0.15, 0.2) is 0 Å². The first-order valence-electron chi connectivity index (χ1n) is 5.17. The first kappa shape index (κ1) is 12.6. The Balaban J connectivity index is 2.56. The lowest BCUT2D eigenvalue weighted by Crippen LogP contribution is -2.29. The van der Waals surface area contributed by atoms with Gasteiger partial charge in [0, 0.05) is 24.6 Å². The smallest absolute Gasteiger partial charge is 0.0488 e. The van der Waals surface area contributed by atoms with E-state index in [0.29, 0.717) is 5.92 Å². The lowest BCUT2D eigenvalue weighted by Gasteiger charge is -2.18. The van der Waals surface area contributed by atoms with Gasteiger partial charge in [-0.15, -0.1) is 11.3 Å². The van der Waals surface area contributed by atoms with Gasteiger partial charge in [0.05, 0.1) is 0 Å². The zero-order valence-electron chi connectivity index (χ0n) is 9.62. The predicted octanol–water partition coefficient (Wildman–Crippen LogP) is 2.23. The van der Waals surface area contributed by atoms with Crippen molar-refractivity contribution in [2.24, 2.45) is 11.8 Å². The van der Waals surface area contributed by atoms with Crippen molar-refractivity contribution in [1.82, 2.24) is 5.43 Å². The summed E-state index contributed by atoms with van der Waals surface area (Å²) in [6.45, 7) is 5.06. The maximum absolute atomic E-state index is 5.57. The van der Waals surface area contributed by atoms with Crippen LogP contribution in [0.5, 0.6) is 0 Å². The van der Waals surface area contributed by atoms with Crippen molar-refractivity contribution in [3.05, 3.63) is 21.9 Å². The van der Waals surface area contributed by atoms with Crippen molar-refractivity contribution in [3.63, 3.8) is 0 Å². The first-order chi connectivity index (χ1) is 7.17. The van der Waals surface area contributed by atoms with E-state index in [1.54, 1.807) is 18.4 Å². The second-order valence-electron chi connectivity index (χ2n) is 4.01. The van der Waals surface area contributed by atoms with Crippen LogP contribution in [0.2, 0.25) is 0 Å². The van der Waals surface area contributed by atoms with E-state index in [2.05, 4.69) is 30.7 Å². The van der Waals surface area contributed by atoms with Crippen LogP contribution in [0, 0.1) is 12.8 Å². The summed E-state index contributed by atoms with van der Waals surface area (Å²) in [6, 6.07) is 2.43. The van der Waals surface area contributed by atoms with E-state index in [1.807, 2.05) is 0 Å². The number of methoxy groups -OCH3 is 1. The molecule has 2 atom stereocenters. The van der Waals surface area contributed by atoms with Crippen molar-refractivity contribution < 1.29 is 4.74 Å². The molecule has 0 saturated heterocycles. The molecule has 15 heavy (non-hydrogen) atoms. The molecule has 1 aromatic heterocycles. The molecule has 0 aliphatic rings. The van der Waals surface area contributed by atoms with Crippen molar-refractivity contribution in [2.45, 2.75) is 26.3 Å². The topological polar surface area (TPSA) is 47.3 Å². The van der Waals surface area contributed by atoms with Gasteiger partial charge in [-0.05, 0) is 36.3 Å². The minimum Gasteiger partial charge on any atom is -0.384 e. The van der Waals surface area contributed by atoms with Crippen LogP contribution in [0.25, 0.3) is 0 Å². The van der Waals surface area contributed by atoms with Gasteiger partial charge in [-0.2, -0.15) is 0 Å². The van der Waals surface area contributed by atoms with E-state index in [9.17, 15) is 0 Å². The summed E-state index contributed by atoms with van der Waals surface area (Å²) < 4.78 is 5.12. The normalized spacial score (nSPS) is 15.2. The molecular formula is C11H20N2OS. The standard InChI is InChI=1S/C11H20N2OS/c1-8(6-14-3)4-11(13-12)10-5-9(2)15-7-10/h5,7-8,11,13H,4,6,12H2,1-3H3. The predicted molar refractivity (Wildman–Crippen MR) is 64.8 cm³/mol. The molecule has 0 spiro atoms. The molecule has 1 heterocycles. The van der Waals surface area contributed by atoms with Gasteiger partial charge in [-0.1, -0.05) is 6.92 Å². The summed E-state index contributed by atoms with van der Waals surface area (Å²) in [6.07, 6.45) is 1.00. The number of nitrogens with one attached hydrogen (secondary N) is 1. The highest BCUT2D eigenvalue weighted by Crippen LogP contribution is 2.25.